The second-order valence-corrected chi connectivity index (χ2v) is 7.37. The average molecular weight is 379 g/mol. The molecule has 3 nitrogen and oxygen atoms in total. The van der Waals surface area contributed by atoms with Gasteiger partial charge in [-0.15, -0.1) is 0 Å². The fraction of sp³-hybridized carbons (Fsp3) is 0.360. The number of ether oxygens (including phenoxy) is 1. The summed E-state index contributed by atoms with van der Waals surface area (Å²) in [5.41, 5.74) is 4.76. The Hall–Kier alpha value is -2.52. The van der Waals surface area contributed by atoms with Crippen LogP contribution in [-0.4, -0.2) is 34.8 Å². The number of nitrogens with zero attached hydrogens (tertiary/aromatic N) is 2. The Morgan fingerprint density at radius 2 is 1.57 bits per heavy atom. The van der Waals surface area contributed by atoms with Gasteiger partial charge in [0.05, 0.1) is 0 Å². The van der Waals surface area contributed by atoms with Crippen molar-refractivity contribution < 1.29 is 4.74 Å². The first-order valence-electron chi connectivity index (χ1n) is 10.0. The Morgan fingerprint density at radius 1 is 0.893 bits per heavy atom. The van der Waals surface area contributed by atoms with Crippen molar-refractivity contribution in [3.8, 4) is 0 Å². The van der Waals surface area contributed by atoms with E-state index >= 15 is 0 Å². The van der Waals surface area contributed by atoms with Crippen molar-refractivity contribution in [1.82, 2.24) is 0 Å². The molecule has 0 aromatic heterocycles. The normalized spacial score (nSPS) is 12.6. The Labute approximate surface area is 170 Å². The highest BCUT2D eigenvalue weighted by molar-refractivity contribution is 5.58. The van der Waals surface area contributed by atoms with Crippen LogP contribution in [0.4, 0.5) is 11.4 Å². The van der Waals surface area contributed by atoms with Crippen LogP contribution in [0.25, 0.3) is 6.08 Å². The zero-order valence-corrected chi connectivity index (χ0v) is 17.9. The van der Waals surface area contributed by atoms with Crippen LogP contribution < -0.4 is 9.80 Å². The zero-order chi connectivity index (χ0) is 20.4. The van der Waals surface area contributed by atoms with E-state index in [1.165, 1.54) is 22.5 Å². The lowest BCUT2D eigenvalue weighted by atomic mass is 10.1. The minimum Gasteiger partial charge on any atom is -0.378 e. The van der Waals surface area contributed by atoms with Gasteiger partial charge < -0.3 is 14.5 Å². The molecular formula is C25H34N2O. The van der Waals surface area contributed by atoms with E-state index in [4.69, 9.17) is 4.74 Å². The molecule has 0 aliphatic carbocycles. The van der Waals surface area contributed by atoms with E-state index in [0.717, 1.165) is 19.4 Å². The van der Waals surface area contributed by atoms with Crippen molar-refractivity contribution in [2.45, 2.75) is 25.9 Å². The lowest BCUT2D eigenvalue weighted by Gasteiger charge is -2.18. The molecule has 1 atom stereocenters. The molecule has 1 unspecified atom stereocenters. The third-order valence-electron chi connectivity index (χ3n) is 4.58. The molecule has 0 bridgehead atoms. The van der Waals surface area contributed by atoms with E-state index in [2.05, 4.69) is 118 Å². The molecular weight excluding hydrogens is 344 g/mol. The summed E-state index contributed by atoms with van der Waals surface area (Å²) >= 11 is 0. The van der Waals surface area contributed by atoms with E-state index in [1.807, 2.05) is 0 Å². The van der Waals surface area contributed by atoms with Gasteiger partial charge in [0.15, 0.2) is 0 Å². The predicted molar refractivity (Wildman–Crippen MR) is 123 cm³/mol. The van der Waals surface area contributed by atoms with Gasteiger partial charge in [-0.3, -0.25) is 0 Å². The van der Waals surface area contributed by atoms with Gasteiger partial charge in [0.2, 0.25) is 0 Å². The van der Waals surface area contributed by atoms with Crippen molar-refractivity contribution in [3.63, 3.8) is 0 Å². The highest BCUT2D eigenvalue weighted by atomic mass is 16.5. The van der Waals surface area contributed by atoms with Gasteiger partial charge in [0.25, 0.3) is 0 Å². The highest BCUT2D eigenvalue weighted by Gasteiger charge is 2.09. The first-order chi connectivity index (χ1) is 13.5. The average Bonchev–Trinajstić information content (AvgIpc) is 2.70. The molecule has 0 fully saturated rings. The molecule has 0 saturated carbocycles. The zero-order valence-electron chi connectivity index (χ0n) is 17.9. The number of hydrogen-bond donors (Lipinski definition) is 0. The number of anilines is 2. The van der Waals surface area contributed by atoms with Crippen molar-refractivity contribution in [1.29, 1.82) is 0 Å². The summed E-state index contributed by atoms with van der Waals surface area (Å²) in [7, 11) is 8.24. The molecule has 3 heteroatoms. The number of unbranched alkanes of at least 4 members (excludes halogenated alkanes) is 1. The maximum Gasteiger partial charge on any atom is 0.101 e. The minimum atomic E-state index is -0.0378. The molecule has 0 saturated heterocycles. The number of allylic oxidation sites excluding steroid dienone is 2. The van der Waals surface area contributed by atoms with Crippen molar-refractivity contribution in [3.05, 3.63) is 77.9 Å². The summed E-state index contributed by atoms with van der Waals surface area (Å²) in [4.78, 5) is 4.23. The fourth-order valence-electron chi connectivity index (χ4n) is 2.84. The third-order valence-corrected chi connectivity index (χ3v) is 4.58. The number of benzene rings is 2. The SMILES string of the molecule is CCCCOC(/C=C/C=C/c1cccc(N(C)C)c1)c1cccc(N(C)C)c1. The Bertz CT molecular complexity index is 778. The first-order valence-corrected chi connectivity index (χ1v) is 10.0. The maximum atomic E-state index is 6.16. The predicted octanol–water partition coefficient (Wildman–Crippen LogP) is 5.95. The molecule has 0 aliphatic rings. The number of hydrogen-bond acceptors (Lipinski definition) is 3. The molecule has 0 N–H and O–H groups in total. The van der Waals surface area contributed by atoms with Gasteiger partial charge in [-0.25, -0.2) is 0 Å². The summed E-state index contributed by atoms with van der Waals surface area (Å²) in [6, 6.07) is 17.0. The van der Waals surface area contributed by atoms with Gasteiger partial charge in [-0.1, -0.05) is 61.9 Å². The maximum absolute atomic E-state index is 6.16. The molecule has 2 aromatic rings. The quantitative estimate of drug-likeness (QED) is 0.375. The summed E-state index contributed by atoms with van der Waals surface area (Å²) in [6.07, 6.45) is 10.6. The second-order valence-electron chi connectivity index (χ2n) is 7.37. The monoisotopic (exact) mass is 378 g/mol. The van der Waals surface area contributed by atoms with E-state index in [1.54, 1.807) is 0 Å². The third kappa shape index (κ3) is 6.90. The summed E-state index contributed by atoms with van der Waals surface area (Å²) in [5, 5.41) is 0. The van der Waals surface area contributed by atoms with Crippen molar-refractivity contribution in [2.24, 2.45) is 0 Å². The van der Waals surface area contributed by atoms with E-state index in [0.29, 0.717) is 0 Å². The van der Waals surface area contributed by atoms with Gasteiger partial charge >= 0.3 is 0 Å². The molecule has 0 heterocycles. The molecule has 0 radical (unpaired) electrons. The molecule has 150 valence electrons. The summed E-state index contributed by atoms with van der Waals surface area (Å²) < 4.78 is 6.16. The van der Waals surface area contributed by atoms with Crippen LogP contribution in [0, 0.1) is 0 Å². The van der Waals surface area contributed by atoms with Crippen molar-refractivity contribution in [2.75, 3.05) is 44.6 Å². The highest BCUT2D eigenvalue weighted by Crippen LogP contribution is 2.24. The Kier molecular flexibility index (Phi) is 8.83. The lowest BCUT2D eigenvalue weighted by Crippen LogP contribution is -2.10. The molecule has 2 rings (SSSR count). The van der Waals surface area contributed by atoms with Crippen LogP contribution in [0.5, 0.6) is 0 Å². The number of rotatable bonds is 10. The molecule has 2 aromatic carbocycles. The fourth-order valence-corrected chi connectivity index (χ4v) is 2.84. The largest absolute Gasteiger partial charge is 0.378 e. The van der Waals surface area contributed by atoms with Crippen LogP contribution in [0.15, 0.2) is 66.8 Å². The van der Waals surface area contributed by atoms with E-state index < -0.39 is 0 Å². The van der Waals surface area contributed by atoms with Gasteiger partial charge in [-0.2, -0.15) is 0 Å². The van der Waals surface area contributed by atoms with Crippen LogP contribution >= 0.6 is 0 Å². The topological polar surface area (TPSA) is 15.7 Å². The second kappa shape index (κ2) is 11.4. The van der Waals surface area contributed by atoms with Gasteiger partial charge in [0.1, 0.15) is 6.10 Å². The van der Waals surface area contributed by atoms with E-state index in [9.17, 15) is 0 Å². The van der Waals surface area contributed by atoms with Crippen LogP contribution in [0.1, 0.15) is 37.0 Å². The van der Waals surface area contributed by atoms with Gasteiger partial charge in [0, 0.05) is 46.2 Å². The Morgan fingerprint density at radius 3 is 2.25 bits per heavy atom. The summed E-state index contributed by atoms with van der Waals surface area (Å²) in [5.74, 6) is 0. The van der Waals surface area contributed by atoms with Crippen molar-refractivity contribution >= 4 is 17.5 Å². The molecule has 0 aliphatic heterocycles. The standard InChI is InChI=1S/C25H34N2O/c1-6-7-18-28-25(22-14-11-16-24(20-22)27(4)5)17-9-8-12-21-13-10-15-23(19-21)26(2)3/h8-17,19-20,25H,6-7,18H2,1-5H3/b12-8+,17-9+. The molecule has 0 amide bonds. The summed E-state index contributed by atoms with van der Waals surface area (Å²) in [6.45, 7) is 2.96. The van der Waals surface area contributed by atoms with Gasteiger partial charge in [-0.05, 0) is 41.8 Å². The molecule has 0 spiro atoms. The lowest BCUT2D eigenvalue weighted by molar-refractivity contribution is 0.0830. The molecule has 28 heavy (non-hydrogen) atoms. The van der Waals surface area contributed by atoms with E-state index in [-0.39, 0.29) is 6.10 Å². The van der Waals surface area contributed by atoms with Crippen LogP contribution in [-0.2, 0) is 4.74 Å². The Balaban J connectivity index is 2.13. The first kappa shape index (κ1) is 21.8. The van der Waals surface area contributed by atoms with Crippen LogP contribution in [0.2, 0.25) is 0 Å². The minimum absolute atomic E-state index is 0.0378. The van der Waals surface area contributed by atoms with Crippen LogP contribution in [0.3, 0.4) is 0 Å². The smallest absolute Gasteiger partial charge is 0.101 e.